The summed E-state index contributed by atoms with van der Waals surface area (Å²) in [5.74, 6) is -3.51. The molecule has 1 atom stereocenters. The molecule has 15 heteroatoms. The highest BCUT2D eigenvalue weighted by Gasteiger charge is 2.29. The van der Waals surface area contributed by atoms with E-state index in [0.29, 0.717) is 44.2 Å². The lowest BCUT2D eigenvalue weighted by Crippen LogP contribution is -2.51. The smallest absolute Gasteiger partial charge is 0.291 e. The van der Waals surface area contributed by atoms with Crippen molar-refractivity contribution in [1.82, 2.24) is 25.1 Å². The number of carbonyl (C=O) groups is 4. The molecule has 1 aromatic heterocycles. The predicted molar refractivity (Wildman–Crippen MR) is 161 cm³/mol. The summed E-state index contributed by atoms with van der Waals surface area (Å²) >= 11 is 6.44. The first kappa shape index (κ1) is 33.3. The molecule has 240 valence electrons. The maximum absolute atomic E-state index is 14.6. The second kappa shape index (κ2) is 14.9. The molecular weight excluding hydrogens is 614 g/mol. The van der Waals surface area contributed by atoms with E-state index >= 15 is 0 Å². The van der Waals surface area contributed by atoms with Gasteiger partial charge in [0.25, 0.3) is 18.3 Å². The standard InChI is InChI=1S/C29H31ClF2N6O4.CH2O2/c1-37-22(20-5-6-23(42-2)25(32)24(20)31)15-34-26(37)28(40)36-17-3-4-19(21(30)13-17)29(41)38-11-8-16(9-12-38)27(39)35-14-18-7-10-33-18;2-1-3/h3-6,13,15-16,18,33H,7-12,14H2,1-2H3,(H,35,39)(H,36,40);1H,(H,2,3). The van der Waals surface area contributed by atoms with E-state index in [-0.39, 0.29) is 57.6 Å². The maximum atomic E-state index is 14.6. The van der Waals surface area contributed by atoms with Crippen molar-refractivity contribution in [3.8, 4) is 17.0 Å². The minimum atomic E-state index is -1.14. The molecule has 2 aliphatic rings. The number of carboxylic acid groups (broad SMARTS) is 1. The molecule has 45 heavy (non-hydrogen) atoms. The van der Waals surface area contributed by atoms with Crippen LogP contribution in [0.25, 0.3) is 11.3 Å². The number of amides is 3. The van der Waals surface area contributed by atoms with Crippen molar-refractivity contribution < 1.29 is 37.8 Å². The second-order valence-electron chi connectivity index (χ2n) is 10.5. The molecule has 2 fully saturated rings. The SMILES string of the molecule is COc1ccc(-c2cnc(C(=O)Nc3ccc(C(=O)N4CCC(C(=O)NCC5CCN5)CC4)c(Cl)c3)n2C)c(F)c1F.O=CO. The number of carbonyl (C=O) groups excluding carboxylic acids is 3. The molecule has 0 saturated carbocycles. The summed E-state index contributed by atoms with van der Waals surface area (Å²) < 4.78 is 35.0. The number of rotatable bonds is 8. The molecule has 2 aromatic carbocycles. The molecule has 4 N–H and O–H groups in total. The van der Waals surface area contributed by atoms with E-state index in [0.717, 1.165) is 13.0 Å². The van der Waals surface area contributed by atoms with Crippen LogP contribution < -0.4 is 20.7 Å². The van der Waals surface area contributed by atoms with Crippen LogP contribution in [0.4, 0.5) is 14.5 Å². The van der Waals surface area contributed by atoms with E-state index in [1.165, 1.54) is 49.2 Å². The van der Waals surface area contributed by atoms with Crippen LogP contribution in [0.1, 0.15) is 40.2 Å². The van der Waals surface area contributed by atoms with Gasteiger partial charge in [0.15, 0.2) is 17.4 Å². The average Bonchev–Trinajstić information content (AvgIpc) is 3.38. The molecule has 3 aromatic rings. The number of benzene rings is 2. The highest BCUT2D eigenvalue weighted by atomic mass is 35.5. The first-order valence-electron chi connectivity index (χ1n) is 14.1. The minimum Gasteiger partial charge on any atom is -0.494 e. The molecule has 3 amide bonds. The minimum absolute atomic E-state index is 0.0232. The molecule has 0 spiro atoms. The number of hydrogen-bond acceptors (Lipinski definition) is 7. The van der Waals surface area contributed by atoms with E-state index in [1.54, 1.807) is 11.0 Å². The topological polar surface area (TPSA) is 155 Å². The Hall–Kier alpha value is -4.56. The molecule has 0 bridgehead atoms. The number of likely N-dealkylation sites (tertiary alicyclic amines) is 1. The third-order valence-electron chi connectivity index (χ3n) is 7.79. The van der Waals surface area contributed by atoms with Crippen molar-refractivity contribution >= 4 is 41.5 Å². The first-order chi connectivity index (χ1) is 21.6. The summed E-state index contributed by atoms with van der Waals surface area (Å²) in [4.78, 5) is 52.7. The van der Waals surface area contributed by atoms with Gasteiger partial charge in [-0.1, -0.05) is 11.6 Å². The Balaban J connectivity index is 0.00000148. The third-order valence-corrected chi connectivity index (χ3v) is 8.11. The number of ether oxygens (including phenoxy) is 1. The molecule has 3 heterocycles. The van der Waals surface area contributed by atoms with Gasteiger partial charge in [-0.25, -0.2) is 9.37 Å². The van der Waals surface area contributed by atoms with Crippen LogP contribution >= 0.6 is 11.6 Å². The van der Waals surface area contributed by atoms with E-state index < -0.39 is 17.5 Å². The van der Waals surface area contributed by atoms with Crippen LogP contribution in [0.3, 0.4) is 0 Å². The molecule has 2 aliphatic heterocycles. The number of imidazole rings is 1. The lowest BCUT2D eigenvalue weighted by atomic mass is 9.95. The van der Waals surface area contributed by atoms with E-state index in [4.69, 9.17) is 26.2 Å². The van der Waals surface area contributed by atoms with Gasteiger partial charge < -0.3 is 35.3 Å². The molecule has 12 nitrogen and oxygen atoms in total. The van der Waals surface area contributed by atoms with Crippen LogP contribution in [0.5, 0.6) is 5.75 Å². The van der Waals surface area contributed by atoms with Gasteiger partial charge in [0.1, 0.15) is 0 Å². The number of piperidine rings is 1. The zero-order chi connectivity index (χ0) is 32.7. The molecule has 0 radical (unpaired) electrons. The Morgan fingerprint density at radius 1 is 1.16 bits per heavy atom. The molecule has 1 unspecified atom stereocenters. The van der Waals surface area contributed by atoms with Crippen LogP contribution in [-0.2, 0) is 16.6 Å². The highest BCUT2D eigenvalue weighted by molar-refractivity contribution is 6.34. The van der Waals surface area contributed by atoms with Crippen molar-refractivity contribution in [2.75, 3.05) is 38.6 Å². The van der Waals surface area contributed by atoms with Gasteiger partial charge in [-0.3, -0.25) is 19.2 Å². The fraction of sp³-hybridized carbons (Fsp3) is 0.367. The van der Waals surface area contributed by atoms with Crippen molar-refractivity contribution in [1.29, 1.82) is 0 Å². The van der Waals surface area contributed by atoms with Gasteiger partial charge in [-0.2, -0.15) is 4.39 Å². The normalized spacial score (nSPS) is 16.1. The average molecular weight is 647 g/mol. The number of nitrogens with one attached hydrogen (secondary N) is 3. The summed E-state index contributed by atoms with van der Waals surface area (Å²) in [5.41, 5.74) is 0.715. The summed E-state index contributed by atoms with van der Waals surface area (Å²) in [7, 11) is 2.74. The zero-order valence-corrected chi connectivity index (χ0v) is 25.4. The van der Waals surface area contributed by atoms with Gasteiger partial charge in [0.2, 0.25) is 11.7 Å². The van der Waals surface area contributed by atoms with Gasteiger partial charge in [-0.05, 0) is 56.1 Å². The number of anilines is 1. The van der Waals surface area contributed by atoms with Gasteiger partial charge >= 0.3 is 0 Å². The number of methoxy groups -OCH3 is 1. The Labute approximate surface area is 262 Å². The number of aromatic nitrogens is 2. The molecule has 2 saturated heterocycles. The van der Waals surface area contributed by atoms with E-state index in [9.17, 15) is 23.2 Å². The maximum Gasteiger partial charge on any atom is 0.291 e. The van der Waals surface area contributed by atoms with Gasteiger partial charge in [0.05, 0.1) is 29.6 Å². The molecule has 5 rings (SSSR count). The summed E-state index contributed by atoms with van der Waals surface area (Å²) in [6.07, 6.45) is 3.47. The summed E-state index contributed by atoms with van der Waals surface area (Å²) in [6.45, 7) is 2.24. The largest absolute Gasteiger partial charge is 0.494 e. The summed E-state index contributed by atoms with van der Waals surface area (Å²) in [5, 5.41) is 16.0. The zero-order valence-electron chi connectivity index (χ0n) is 24.6. The number of nitrogens with zero attached hydrogens (tertiary/aromatic N) is 3. The Kier molecular flexibility index (Phi) is 11.1. The quantitative estimate of drug-likeness (QED) is 0.272. The van der Waals surface area contributed by atoms with Crippen LogP contribution in [0.15, 0.2) is 36.5 Å². The van der Waals surface area contributed by atoms with Gasteiger partial charge in [-0.15, -0.1) is 0 Å². The monoisotopic (exact) mass is 646 g/mol. The number of halogens is 3. The molecular formula is C30H33ClF2N6O6. The van der Waals surface area contributed by atoms with Crippen LogP contribution in [0, 0.1) is 17.6 Å². The lowest BCUT2D eigenvalue weighted by molar-refractivity contribution is -0.126. The van der Waals surface area contributed by atoms with Crippen molar-refractivity contribution in [3.63, 3.8) is 0 Å². The third kappa shape index (κ3) is 7.57. The molecule has 0 aliphatic carbocycles. The highest BCUT2D eigenvalue weighted by Crippen LogP contribution is 2.30. The van der Waals surface area contributed by atoms with E-state index in [1.807, 2.05) is 0 Å². The second-order valence-corrected chi connectivity index (χ2v) is 10.9. The fourth-order valence-corrected chi connectivity index (χ4v) is 5.38. The lowest BCUT2D eigenvalue weighted by Gasteiger charge is -2.33. The van der Waals surface area contributed by atoms with Crippen LogP contribution in [0.2, 0.25) is 5.02 Å². The summed E-state index contributed by atoms with van der Waals surface area (Å²) in [6, 6.07) is 7.53. The van der Waals surface area contributed by atoms with Crippen molar-refractivity contribution in [2.24, 2.45) is 13.0 Å². The van der Waals surface area contributed by atoms with E-state index in [2.05, 4.69) is 20.9 Å². The fourth-order valence-electron chi connectivity index (χ4n) is 5.12. The van der Waals surface area contributed by atoms with Crippen LogP contribution in [-0.4, -0.2) is 83.1 Å². The number of hydrogen-bond donors (Lipinski definition) is 4. The van der Waals surface area contributed by atoms with Gasteiger partial charge in [0, 0.05) is 49.9 Å². The Morgan fingerprint density at radius 2 is 1.84 bits per heavy atom. The van der Waals surface area contributed by atoms with Crippen molar-refractivity contribution in [2.45, 2.75) is 25.3 Å². The van der Waals surface area contributed by atoms with Crippen molar-refractivity contribution in [3.05, 3.63) is 64.6 Å². The first-order valence-corrected chi connectivity index (χ1v) is 14.5. The Morgan fingerprint density at radius 3 is 2.44 bits per heavy atom. The predicted octanol–water partition coefficient (Wildman–Crippen LogP) is 3.31. The Bertz CT molecular complexity index is 1570.